The van der Waals surface area contributed by atoms with Gasteiger partial charge in [0.25, 0.3) is 5.91 Å². The number of halogens is 1. The van der Waals surface area contributed by atoms with Crippen LogP contribution in [0, 0.1) is 5.41 Å². The molecule has 0 bridgehead atoms. The normalized spacial score (nSPS) is 15.9. The molecule has 1 atom stereocenters. The van der Waals surface area contributed by atoms with Crippen molar-refractivity contribution >= 4 is 23.4 Å². The first-order valence-corrected chi connectivity index (χ1v) is 8.50. The van der Waals surface area contributed by atoms with Crippen LogP contribution in [0.3, 0.4) is 0 Å². The minimum absolute atomic E-state index is 0.0738. The second-order valence-corrected chi connectivity index (χ2v) is 7.59. The van der Waals surface area contributed by atoms with E-state index in [4.69, 9.17) is 21.1 Å². The van der Waals surface area contributed by atoms with Gasteiger partial charge in [-0.2, -0.15) is 0 Å². The Morgan fingerprint density at radius 2 is 2.12 bits per heavy atom. The summed E-state index contributed by atoms with van der Waals surface area (Å²) in [6, 6.07) is 0.827. The van der Waals surface area contributed by atoms with Crippen molar-refractivity contribution in [3.63, 3.8) is 0 Å². The Morgan fingerprint density at radius 1 is 1.44 bits per heavy atom. The third kappa shape index (κ3) is 5.57. The van der Waals surface area contributed by atoms with Crippen LogP contribution in [0.5, 0.6) is 5.75 Å². The Morgan fingerprint density at radius 3 is 2.64 bits per heavy atom. The molecular weight excluding hydrogens is 346 g/mol. The number of nitrogens with one attached hydrogen (secondary N) is 2. The predicted molar refractivity (Wildman–Crippen MR) is 93.9 cm³/mol. The molecule has 2 rings (SSSR count). The van der Waals surface area contributed by atoms with Crippen LogP contribution in [0.4, 0.5) is 0 Å². The number of carbonyl (C=O) groups excluding carboxylic acids is 2. The Kier molecular flexibility index (Phi) is 6.24. The van der Waals surface area contributed by atoms with Crippen LogP contribution < -0.4 is 15.4 Å². The molecule has 1 saturated heterocycles. The summed E-state index contributed by atoms with van der Waals surface area (Å²) in [6.07, 6.45) is 1.79. The van der Waals surface area contributed by atoms with Gasteiger partial charge in [0.2, 0.25) is 5.91 Å². The van der Waals surface area contributed by atoms with Gasteiger partial charge in [0.05, 0.1) is 19.4 Å². The average molecular weight is 370 g/mol. The van der Waals surface area contributed by atoms with Crippen molar-refractivity contribution in [2.75, 3.05) is 20.3 Å². The maximum Gasteiger partial charge on any atom is 0.270 e. The van der Waals surface area contributed by atoms with E-state index >= 15 is 0 Å². The number of carbonyl (C=O) groups is 2. The Balaban J connectivity index is 2.11. The number of rotatable bonds is 6. The van der Waals surface area contributed by atoms with E-state index in [1.165, 1.54) is 19.3 Å². The summed E-state index contributed by atoms with van der Waals surface area (Å²) in [5.41, 5.74) is 0.0126. The van der Waals surface area contributed by atoms with E-state index in [9.17, 15) is 9.59 Å². The third-order valence-corrected chi connectivity index (χ3v) is 3.92. The molecule has 25 heavy (non-hydrogen) atoms. The van der Waals surface area contributed by atoms with Crippen molar-refractivity contribution in [2.45, 2.75) is 39.3 Å². The zero-order valence-electron chi connectivity index (χ0n) is 14.9. The number of pyridine rings is 1. The number of amides is 2. The maximum absolute atomic E-state index is 12.5. The van der Waals surface area contributed by atoms with Crippen LogP contribution in [-0.2, 0) is 9.53 Å². The topological polar surface area (TPSA) is 89.6 Å². The van der Waals surface area contributed by atoms with Crippen LogP contribution in [0.1, 0.15) is 37.7 Å². The molecule has 138 valence electrons. The van der Waals surface area contributed by atoms with Gasteiger partial charge in [0, 0.05) is 13.1 Å². The van der Waals surface area contributed by atoms with E-state index in [2.05, 4.69) is 15.6 Å². The highest BCUT2D eigenvalue weighted by molar-refractivity contribution is 6.32. The summed E-state index contributed by atoms with van der Waals surface area (Å²) >= 11 is 6.07. The molecule has 2 N–H and O–H groups in total. The molecule has 1 aliphatic heterocycles. The monoisotopic (exact) mass is 369 g/mol. The first-order valence-electron chi connectivity index (χ1n) is 8.12. The molecule has 7 nitrogen and oxygen atoms in total. The minimum Gasteiger partial charge on any atom is -0.484 e. The van der Waals surface area contributed by atoms with Gasteiger partial charge in [-0.15, -0.1) is 0 Å². The highest BCUT2D eigenvalue weighted by Crippen LogP contribution is 2.27. The lowest BCUT2D eigenvalue weighted by Crippen LogP contribution is -2.47. The smallest absolute Gasteiger partial charge is 0.270 e. The zero-order chi connectivity index (χ0) is 18.6. The van der Waals surface area contributed by atoms with E-state index in [0.717, 1.165) is 0 Å². The molecule has 1 fully saturated rings. The maximum atomic E-state index is 12.5. The average Bonchev–Trinajstić information content (AvgIpc) is 2.49. The predicted octanol–water partition coefficient (Wildman–Crippen LogP) is 1.79. The molecule has 0 aromatic carbocycles. The molecule has 8 heteroatoms. The highest BCUT2D eigenvalue weighted by Gasteiger charge is 2.27. The second kappa shape index (κ2) is 8.01. The fraction of sp³-hybridized carbons (Fsp3) is 0.588. The summed E-state index contributed by atoms with van der Waals surface area (Å²) in [7, 11) is 1.54. The van der Waals surface area contributed by atoms with Crippen LogP contribution in [0.25, 0.3) is 0 Å². The second-order valence-electron chi connectivity index (χ2n) is 7.18. The molecule has 2 amide bonds. The summed E-state index contributed by atoms with van der Waals surface area (Å²) in [5, 5.41) is 5.62. The minimum atomic E-state index is -0.653. The van der Waals surface area contributed by atoms with E-state index in [0.29, 0.717) is 30.4 Å². The van der Waals surface area contributed by atoms with Crippen LogP contribution in [0.15, 0.2) is 12.3 Å². The molecule has 1 aliphatic rings. The lowest BCUT2D eigenvalue weighted by atomic mass is 9.87. The first kappa shape index (κ1) is 19.5. The summed E-state index contributed by atoms with van der Waals surface area (Å²) in [5.74, 6) is -0.327. The van der Waals surface area contributed by atoms with Crippen LogP contribution in [0.2, 0.25) is 5.02 Å². The van der Waals surface area contributed by atoms with Crippen molar-refractivity contribution < 1.29 is 19.1 Å². The van der Waals surface area contributed by atoms with Crippen molar-refractivity contribution in [1.29, 1.82) is 0 Å². The lowest BCUT2D eigenvalue weighted by Gasteiger charge is -2.27. The van der Waals surface area contributed by atoms with Gasteiger partial charge in [0.1, 0.15) is 28.6 Å². The zero-order valence-corrected chi connectivity index (χ0v) is 15.6. The molecular formula is C17H24ClN3O4. The van der Waals surface area contributed by atoms with Gasteiger partial charge in [-0.25, -0.2) is 4.98 Å². The number of likely N-dealkylation sites (N-methyl/N-ethyl adjacent to an activating group) is 1. The molecule has 1 unspecified atom stereocenters. The number of ether oxygens (including phenoxy) is 2. The molecule has 2 heterocycles. The molecule has 0 saturated carbocycles. The largest absolute Gasteiger partial charge is 0.484 e. The van der Waals surface area contributed by atoms with E-state index in [1.807, 2.05) is 20.8 Å². The molecule has 0 radical (unpaired) electrons. The van der Waals surface area contributed by atoms with Gasteiger partial charge < -0.3 is 20.1 Å². The number of hydrogen-bond acceptors (Lipinski definition) is 5. The summed E-state index contributed by atoms with van der Waals surface area (Å²) in [6.45, 7) is 6.99. The fourth-order valence-electron chi connectivity index (χ4n) is 2.32. The number of aromatic nitrogens is 1. The van der Waals surface area contributed by atoms with Crippen molar-refractivity contribution in [1.82, 2.24) is 15.6 Å². The Labute approximate surface area is 152 Å². The SMILES string of the molecule is CNC(=O)C(CC(C)(C)C)NC(=O)c1cc(OC2COC2)c(Cl)cn1. The standard InChI is InChI=1S/C17H24ClN3O4/c1-17(2,3)6-13(15(22)19-4)21-16(23)12-5-14(11(18)7-20-12)25-10-8-24-9-10/h5,7,10,13H,6,8-9H2,1-4H3,(H,19,22)(H,21,23). The Bertz CT molecular complexity index is 641. The quantitative estimate of drug-likeness (QED) is 0.798. The van der Waals surface area contributed by atoms with Gasteiger partial charge in [-0.3, -0.25) is 9.59 Å². The molecule has 0 spiro atoms. The van der Waals surface area contributed by atoms with Gasteiger partial charge in [-0.1, -0.05) is 32.4 Å². The lowest BCUT2D eigenvalue weighted by molar-refractivity contribution is -0.123. The van der Waals surface area contributed by atoms with Gasteiger partial charge in [0.15, 0.2) is 0 Å². The van der Waals surface area contributed by atoms with E-state index in [-0.39, 0.29) is 23.1 Å². The number of hydrogen-bond donors (Lipinski definition) is 2. The molecule has 0 aliphatic carbocycles. The van der Waals surface area contributed by atoms with Crippen molar-refractivity contribution in [2.24, 2.45) is 5.41 Å². The van der Waals surface area contributed by atoms with Crippen molar-refractivity contribution in [3.8, 4) is 5.75 Å². The summed E-state index contributed by atoms with van der Waals surface area (Å²) < 4.78 is 10.7. The molecule has 1 aromatic rings. The van der Waals surface area contributed by atoms with Gasteiger partial charge in [-0.05, 0) is 11.8 Å². The first-order chi connectivity index (χ1) is 11.7. The van der Waals surface area contributed by atoms with Gasteiger partial charge >= 0.3 is 0 Å². The van der Waals surface area contributed by atoms with E-state index < -0.39 is 11.9 Å². The summed E-state index contributed by atoms with van der Waals surface area (Å²) in [4.78, 5) is 28.6. The van der Waals surface area contributed by atoms with Crippen LogP contribution >= 0.6 is 11.6 Å². The third-order valence-electron chi connectivity index (χ3n) is 3.64. The van der Waals surface area contributed by atoms with E-state index in [1.54, 1.807) is 0 Å². The molecule has 1 aromatic heterocycles. The van der Waals surface area contributed by atoms with Crippen molar-refractivity contribution in [3.05, 3.63) is 23.0 Å². The van der Waals surface area contributed by atoms with Crippen LogP contribution in [-0.4, -0.2) is 49.2 Å². The fourth-order valence-corrected chi connectivity index (χ4v) is 2.47. The Hall–Kier alpha value is -1.86. The highest BCUT2D eigenvalue weighted by atomic mass is 35.5. The number of nitrogens with zero attached hydrogens (tertiary/aromatic N) is 1.